The molecular formula is C18H17ClN4O. The lowest BCUT2D eigenvalue weighted by Gasteiger charge is -2.07. The number of hydrogen-bond acceptors (Lipinski definition) is 3. The van der Waals surface area contributed by atoms with Gasteiger partial charge in [0.25, 0.3) is 5.91 Å². The molecule has 0 saturated heterocycles. The molecule has 2 aromatic heterocycles. The molecular weight excluding hydrogens is 324 g/mol. The van der Waals surface area contributed by atoms with Gasteiger partial charge >= 0.3 is 0 Å². The Morgan fingerprint density at radius 2 is 1.83 bits per heavy atom. The summed E-state index contributed by atoms with van der Waals surface area (Å²) in [4.78, 5) is 16.4. The van der Waals surface area contributed by atoms with Gasteiger partial charge in [0, 0.05) is 11.2 Å². The van der Waals surface area contributed by atoms with Crippen molar-refractivity contribution in [2.45, 2.75) is 20.8 Å². The van der Waals surface area contributed by atoms with Crippen molar-refractivity contribution in [3.8, 4) is 5.69 Å². The van der Waals surface area contributed by atoms with Gasteiger partial charge in [0.15, 0.2) is 0 Å². The molecule has 3 aromatic rings. The third kappa shape index (κ3) is 3.16. The molecule has 6 heteroatoms. The molecule has 0 atom stereocenters. The third-order valence-corrected chi connectivity index (χ3v) is 4.00. The fourth-order valence-electron chi connectivity index (χ4n) is 2.47. The first-order chi connectivity index (χ1) is 11.5. The Hall–Kier alpha value is -2.66. The molecule has 24 heavy (non-hydrogen) atoms. The van der Waals surface area contributed by atoms with Crippen molar-refractivity contribution in [2.24, 2.45) is 0 Å². The van der Waals surface area contributed by atoms with E-state index in [4.69, 9.17) is 11.6 Å². The van der Waals surface area contributed by atoms with Gasteiger partial charge < -0.3 is 5.32 Å². The smallest absolute Gasteiger partial charge is 0.274 e. The number of benzene rings is 1. The molecule has 2 heterocycles. The van der Waals surface area contributed by atoms with Crippen molar-refractivity contribution in [1.29, 1.82) is 0 Å². The molecule has 0 unspecified atom stereocenters. The average Bonchev–Trinajstić information content (AvgIpc) is 2.84. The first-order valence-electron chi connectivity index (χ1n) is 7.52. The van der Waals surface area contributed by atoms with E-state index < -0.39 is 0 Å². The molecule has 0 bridgehead atoms. The van der Waals surface area contributed by atoms with Crippen molar-refractivity contribution in [3.05, 3.63) is 70.3 Å². The number of anilines is 1. The summed E-state index contributed by atoms with van der Waals surface area (Å²) in [5, 5.41) is 7.88. The Morgan fingerprint density at radius 1 is 1.12 bits per heavy atom. The van der Waals surface area contributed by atoms with Crippen LogP contribution in [-0.4, -0.2) is 20.7 Å². The third-order valence-electron chi connectivity index (χ3n) is 3.76. The normalized spacial score (nSPS) is 10.7. The zero-order valence-corrected chi connectivity index (χ0v) is 14.4. The minimum atomic E-state index is -0.313. The van der Waals surface area contributed by atoms with Gasteiger partial charge in [0.05, 0.1) is 22.8 Å². The molecule has 122 valence electrons. The second-order valence-electron chi connectivity index (χ2n) is 5.61. The maximum Gasteiger partial charge on any atom is 0.274 e. The summed E-state index contributed by atoms with van der Waals surface area (Å²) in [5.41, 5.74) is 4.67. The minimum Gasteiger partial charge on any atom is -0.317 e. The highest BCUT2D eigenvalue weighted by Crippen LogP contribution is 2.23. The quantitative estimate of drug-likeness (QED) is 0.781. The summed E-state index contributed by atoms with van der Waals surface area (Å²) in [5.74, 6) is -0.313. The number of nitrogens with one attached hydrogen (secondary N) is 1. The number of carbonyl (C=O) groups excluding carboxylic acids is 1. The molecule has 3 rings (SSSR count). The summed E-state index contributed by atoms with van der Waals surface area (Å²) in [6.07, 6.45) is 1.51. The average molecular weight is 341 g/mol. The topological polar surface area (TPSA) is 59.8 Å². The maximum absolute atomic E-state index is 12.4. The van der Waals surface area contributed by atoms with E-state index in [1.54, 1.807) is 6.07 Å². The Labute approximate surface area is 145 Å². The van der Waals surface area contributed by atoms with Gasteiger partial charge in [0.2, 0.25) is 0 Å². The van der Waals surface area contributed by atoms with Crippen molar-refractivity contribution in [2.75, 3.05) is 5.32 Å². The van der Waals surface area contributed by atoms with Gasteiger partial charge in [-0.2, -0.15) is 5.10 Å². The Balaban J connectivity index is 1.92. The lowest BCUT2D eigenvalue weighted by molar-refractivity contribution is 0.102. The van der Waals surface area contributed by atoms with E-state index in [9.17, 15) is 4.79 Å². The molecule has 1 N–H and O–H groups in total. The molecule has 1 aromatic carbocycles. The summed E-state index contributed by atoms with van der Waals surface area (Å²) in [6.45, 7) is 5.81. The second kappa shape index (κ2) is 6.45. The van der Waals surface area contributed by atoms with E-state index in [1.807, 2.05) is 49.7 Å². The Kier molecular flexibility index (Phi) is 4.36. The molecule has 0 aliphatic carbocycles. The van der Waals surface area contributed by atoms with Crippen molar-refractivity contribution in [3.63, 3.8) is 0 Å². The molecule has 0 aliphatic heterocycles. The van der Waals surface area contributed by atoms with Gasteiger partial charge in [-0.25, -0.2) is 4.68 Å². The summed E-state index contributed by atoms with van der Waals surface area (Å²) < 4.78 is 1.82. The predicted molar refractivity (Wildman–Crippen MR) is 95.0 cm³/mol. The number of aryl methyl sites for hydroxylation is 2. The molecule has 0 spiro atoms. The van der Waals surface area contributed by atoms with E-state index in [0.29, 0.717) is 10.7 Å². The van der Waals surface area contributed by atoms with E-state index in [1.165, 1.54) is 17.8 Å². The van der Waals surface area contributed by atoms with E-state index >= 15 is 0 Å². The van der Waals surface area contributed by atoms with E-state index in [2.05, 4.69) is 15.4 Å². The minimum absolute atomic E-state index is 0.268. The van der Waals surface area contributed by atoms with Crippen LogP contribution in [0.4, 0.5) is 5.69 Å². The van der Waals surface area contributed by atoms with Crippen LogP contribution in [0.25, 0.3) is 5.69 Å². The number of rotatable bonds is 3. The number of pyridine rings is 1. The molecule has 0 saturated carbocycles. The molecule has 5 nitrogen and oxygen atoms in total. The van der Waals surface area contributed by atoms with Crippen molar-refractivity contribution < 1.29 is 4.79 Å². The summed E-state index contributed by atoms with van der Waals surface area (Å²) in [7, 11) is 0. The van der Waals surface area contributed by atoms with Crippen LogP contribution >= 0.6 is 11.6 Å². The van der Waals surface area contributed by atoms with Gasteiger partial charge in [0.1, 0.15) is 5.69 Å². The van der Waals surface area contributed by atoms with Crippen LogP contribution in [0.3, 0.4) is 0 Å². The van der Waals surface area contributed by atoms with E-state index in [-0.39, 0.29) is 11.6 Å². The second-order valence-corrected chi connectivity index (χ2v) is 6.04. The van der Waals surface area contributed by atoms with Crippen LogP contribution in [-0.2, 0) is 0 Å². The zero-order chi connectivity index (χ0) is 17.3. The van der Waals surface area contributed by atoms with Crippen LogP contribution in [0, 0.1) is 20.8 Å². The highest BCUT2D eigenvalue weighted by Gasteiger charge is 2.17. The Bertz CT molecular complexity index is 900. The number of hydrogen-bond donors (Lipinski definition) is 1. The van der Waals surface area contributed by atoms with Crippen molar-refractivity contribution in [1.82, 2.24) is 14.8 Å². The number of halogens is 1. The van der Waals surface area contributed by atoms with Crippen LogP contribution < -0.4 is 5.32 Å². The van der Waals surface area contributed by atoms with Gasteiger partial charge in [-0.3, -0.25) is 9.78 Å². The summed E-state index contributed by atoms with van der Waals surface area (Å²) >= 11 is 5.91. The zero-order valence-electron chi connectivity index (χ0n) is 13.7. The molecule has 1 amide bonds. The van der Waals surface area contributed by atoms with Gasteiger partial charge in [-0.15, -0.1) is 0 Å². The standard InChI is InChI=1S/C18H17ClN4O/c1-11-4-6-15(7-5-11)23-13(3)17(12(2)22-23)21-18(24)16-10-14(19)8-9-20-16/h4-10H,1-3H3,(H,21,24). The van der Waals surface area contributed by atoms with Crippen LogP contribution in [0.1, 0.15) is 27.4 Å². The van der Waals surface area contributed by atoms with Crippen LogP contribution in [0.2, 0.25) is 5.02 Å². The molecule has 0 aliphatic rings. The van der Waals surface area contributed by atoms with Crippen LogP contribution in [0.5, 0.6) is 0 Å². The predicted octanol–water partition coefficient (Wildman–Crippen LogP) is 4.10. The fourth-order valence-corrected chi connectivity index (χ4v) is 2.63. The molecule has 0 fully saturated rings. The van der Waals surface area contributed by atoms with Gasteiger partial charge in [-0.05, 0) is 45.0 Å². The maximum atomic E-state index is 12.4. The number of aromatic nitrogens is 3. The first kappa shape index (κ1) is 16.2. The highest BCUT2D eigenvalue weighted by atomic mass is 35.5. The van der Waals surface area contributed by atoms with Gasteiger partial charge in [-0.1, -0.05) is 29.3 Å². The lowest BCUT2D eigenvalue weighted by atomic mass is 10.2. The monoisotopic (exact) mass is 340 g/mol. The lowest BCUT2D eigenvalue weighted by Crippen LogP contribution is -2.14. The SMILES string of the molecule is Cc1ccc(-n2nc(C)c(NC(=O)c3cc(Cl)ccn3)c2C)cc1. The summed E-state index contributed by atoms with van der Waals surface area (Å²) in [6, 6.07) is 11.2. The van der Waals surface area contributed by atoms with E-state index in [0.717, 1.165) is 17.1 Å². The number of carbonyl (C=O) groups is 1. The molecule has 0 radical (unpaired) electrons. The Morgan fingerprint density at radius 3 is 2.50 bits per heavy atom. The highest BCUT2D eigenvalue weighted by molar-refractivity contribution is 6.30. The van der Waals surface area contributed by atoms with Crippen LogP contribution in [0.15, 0.2) is 42.6 Å². The largest absolute Gasteiger partial charge is 0.317 e. The number of nitrogens with zero attached hydrogens (tertiary/aromatic N) is 3. The fraction of sp³-hybridized carbons (Fsp3) is 0.167. The van der Waals surface area contributed by atoms with Crippen molar-refractivity contribution >= 4 is 23.2 Å². The first-order valence-corrected chi connectivity index (χ1v) is 7.89. The number of amides is 1.